The molecule has 0 aromatic heterocycles. The number of carbonyl (C=O) groups is 1. The van der Waals surface area contributed by atoms with Crippen LogP contribution in [0.15, 0.2) is 24.3 Å². The fraction of sp³-hybridized carbons (Fsp3) is 0.500. The summed E-state index contributed by atoms with van der Waals surface area (Å²) in [6.07, 6.45) is 0.832. The molecule has 1 aromatic rings. The molecule has 0 aliphatic rings. The summed E-state index contributed by atoms with van der Waals surface area (Å²) in [7, 11) is 1.49. The third kappa shape index (κ3) is 4.40. The van der Waals surface area contributed by atoms with Crippen molar-refractivity contribution in [3.05, 3.63) is 34.9 Å². The van der Waals surface area contributed by atoms with Crippen LogP contribution in [0.2, 0.25) is 5.02 Å². The van der Waals surface area contributed by atoms with E-state index in [0.29, 0.717) is 11.6 Å². The molecule has 0 aliphatic carbocycles. The highest BCUT2D eigenvalue weighted by Crippen LogP contribution is 2.23. The van der Waals surface area contributed by atoms with Gasteiger partial charge in [-0.3, -0.25) is 4.84 Å². The lowest BCUT2D eigenvalue weighted by Gasteiger charge is -2.30. The van der Waals surface area contributed by atoms with E-state index < -0.39 is 5.54 Å². The number of carbonyl (C=O) groups excluding carboxylic acids is 1. The summed E-state index contributed by atoms with van der Waals surface area (Å²) < 4.78 is 0. The Morgan fingerprint density at radius 3 is 2.68 bits per heavy atom. The molecule has 0 bridgehead atoms. The van der Waals surface area contributed by atoms with Gasteiger partial charge >= 0.3 is 6.03 Å². The summed E-state index contributed by atoms with van der Waals surface area (Å²) >= 11 is 5.98. The molecule has 5 heteroatoms. The van der Waals surface area contributed by atoms with E-state index >= 15 is 0 Å². The Hall–Kier alpha value is -1.26. The Morgan fingerprint density at radius 1 is 1.47 bits per heavy atom. The molecular formula is C14H21ClN2O2. The van der Waals surface area contributed by atoms with Crippen molar-refractivity contribution >= 4 is 17.6 Å². The van der Waals surface area contributed by atoms with Crippen molar-refractivity contribution in [1.29, 1.82) is 0 Å². The monoisotopic (exact) mass is 284 g/mol. The SMILES string of the molecule is CCCN(OC)C(=O)NC(C)(C)c1cccc(Cl)c1. The lowest BCUT2D eigenvalue weighted by molar-refractivity contribution is -0.0876. The van der Waals surface area contributed by atoms with Crippen LogP contribution in [0.25, 0.3) is 0 Å². The van der Waals surface area contributed by atoms with Crippen molar-refractivity contribution in [1.82, 2.24) is 10.4 Å². The molecule has 0 saturated heterocycles. The number of urea groups is 1. The molecule has 0 unspecified atom stereocenters. The Bertz CT molecular complexity index is 435. The van der Waals surface area contributed by atoms with E-state index in [4.69, 9.17) is 16.4 Å². The number of rotatable bonds is 5. The molecule has 0 spiro atoms. The van der Waals surface area contributed by atoms with E-state index in [1.165, 1.54) is 12.2 Å². The van der Waals surface area contributed by atoms with Gasteiger partial charge in [0.05, 0.1) is 19.2 Å². The van der Waals surface area contributed by atoms with Gasteiger partial charge in [-0.15, -0.1) is 0 Å². The Kier molecular flexibility index (Phi) is 5.63. The van der Waals surface area contributed by atoms with Gasteiger partial charge in [-0.05, 0) is 38.0 Å². The van der Waals surface area contributed by atoms with Crippen LogP contribution >= 0.6 is 11.6 Å². The topological polar surface area (TPSA) is 41.6 Å². The second kappa shape index (κ2) is 6.78. The zero-order valence-corrected chi connectivity index (χ0v) is 12.6. The normalized spacial score (nSPS) is 11.2. The van der Waals surface area contributed by atoms with Crippen molar-refractivity contribution < 1.29 is 9.63 Å². The van der Waals surface area contributed by atoms with Gasteiger partial charge < -0.3 is 5.32 Å². The van der Waals surface area contributed by atoms with Crippen molar-refractivity contribution in [3.63, 3.8) is 0 Å². The van der Waals surface area contributed by atoms with Crippen LogP contribution in [0, 0.1) is 0 Å². The first-order chi connectivity index (χ1) is 8.90. The first-order valence-corrected chi connectivity index (χ1v) is 6.68. The second-order valence-electron chi connectivity index (χ2n) is 4.85. The number of benzene rings is 1. The predicted molar refractivity (Wildman–Crippen MR) is 77.0 cm³/mol. The summed E-state index contributed by atoms with van der Waals surface area (Å²) in [6, 6.07) is 7.20. The lowest BCUT2D eigenvalue weighted by Crippen LogP contribution is -2.48. The van der Waals surface area contributed by atoms with E-state index in [1.54, 1.807) is 0 Å². The van der Waals surface area contributed by atoms with Gasteiger partial charge in [0.15, 0.2) is 0 Å². The van der Waals surface area contributed by atoms with Crippen molar-refractivity contribution in [2.75, 3.05) is 13.7 Å². The molecule has 0 heterocycles. The fourth-order valence-corrected chi connectivity index (χ4v) is 1.95. The molecule has 0 radical (unpaired) electrons. The van der Waals surface area contributed by atoms with Crippen LogP contribution in [0.1, 0.15) is 32.8 Å². The van der Waals surface area contributed by atoms with Gasteiger partial charge in [0.2, 0.25) is 0 Å². The summed E-state index contributed by atoms with van der Waals surface area (Å²) in [5.41, 5.74) is 0.424. The van der Waals surface area contributed by atoms with Crippen LogP contribution in [0.3, 0.4) is 0 Å². The Morgan fingerprint density at radius 2 is 2.16 bits per heavy atom. The van der Waals surface area contributed by atoms with Crippen LogP contribution in [0.4, 0.5) is 4.79 Å². The zero-order valence-electron chi connectivity index (χ0n) is 11.9. The van der Waals surface area contributed by atoms with Gasteiger partial charge in [-0.1, -0.05) is 30.7 Å². The quantitative estimate of drug-likeness (QED) is 0.840. The number of hydrogen-bond acceptors (Lipinski definition) is 2. The maximum absolute atomic E-state index is 12.1. The largest absolute Gasteiger partial charge is 0.341 e. The molecule has 1 N–H and O–H groups in total. The molecule has 1 rings (SSSR count). The highest BCUT2D eigenvalue weighted by molar-refractivity contribution is 6.30. The maximum Gasteiger partial charge on any atom is 0.341 e. The molecule has 4 nitrogen and oxygen atoms in total. The molecule has 1 aromatic carbocycles. The number of hydroxylamine groups is 2. The summed E-state index contributed by atoms with van der Waals surface area (Å²) in [4.78, 5) is 17.1. The maximum atomic E-state index is 12.1. The highest BCUT2D eigenvalue weighted by Gasteiger charge is 2.25. The van der Waals surface area contributed by atoms with Gasteiger partial charge in [0.25, 0.3) is 0 Å². The predicted octanol–water partition coefficient (Wildman–Crippen LogP) is 3.56. The van der Waals surface area contributed by atoms with Crippen molar-refractivity contribution in [2.45, 2.75) is 32.7 Å². The number of halogens is 1. The first kappa shape index (κ1) is 15.8. The second-order valence-corrected chi connectivity index (χ2v) is 5.29. The zero-order chi connectivity index (χ0) is 14.5. The average Bonchev–Trinajstić information content (AvgIpc) is 2.35. The van der Waals surface area contributed by atoms with Crippen LogP contribution in [-0.4, -0.2) is 24.7 Å². The van der Waals surface area contributed by atoms with E-state index in [1.807, 2.05) is 45.0 Å². The van der Waals surface area contributed by atoms with E-state index in [2.05, 4.69) is 5.32 Å². The van der Waals surface area contributed by atoms with Crippen LogP contribution in [-0.2, 0) is 10.4 Å². The van der Waals surface area contributed by atoms with E-state index in [-0.39, 0.29) is 6.03 Å². The summed E-state index contributed by atoms with van der Waals surface area (Å²) in [5, 5.41) is 4.90. The minimum absolute atomic E-state index is 0.255. The van der Waals surface area contributed by atoms with Gasteiger partial charge in [-0.25, -0.2) is 9.86 Å². The highest BCUT2D eigenvalue weighted by atomic mass is 35.5. The smallest absolute Gasteiger partial charge is 0.327 e. The van der Waals surface area contributed by atoms with Crippen LogP contribution in [0.5, 0.6) is 0 Å². The molecule has 2 amide bonds. The Balaban J connectivity index is 2.81. The standard InChI is InChI=1S/C14H21ClN2O2/c1-5-9-17(19-4)13(18)16-14(2,3)11-7-6-8-12(15)10-11/h6-8,10H,5,9H2,1-4H3,(H,16,18). The minimum Gasteiger partial charge on any atom is -0.327 e. The third-order valence-corrected chi connectivity index (χ3v) is 3.07. The number of nitrogens with zero attached hydrogens (tertiary/aromatic N) is 1. The van der Waals surface area contributed by atoms with E-state index in [9.17, 15) is 4.79 Å². The summed E-state index contributed by atoms with van der Waals surface area (Å²) in [5.74, 6) is 0. The molecule has 19 heavy (non-hydrogen) atoms. The van der Waals surface area contributed by atoms with Crippen LogP contribution < -0.4 is 5.32 Å². The molecule has 0 aliphatic heterocycles. The fourth-order valence-electron chi connectivity index (χ4n) is 1.76. The molecule has 0 atom stereocenters. The molecule has 0 fully saturated rings. The lowest BCUT2D eigenvalue weighted by atomic mass is 9.94. The van der Waals surface area contributed by atoms with Gasteiger partial charge in [-0.2, -0.15) is 0 Å². The minimum atomic E-state index is -0.521. The first-order valence-electron chi connectivity index (χ1n) is 6.30. The van der Waals surface area contributed by atoms with Crippen molar-refractivity contribution in [3.8, 4) is 0 Å². The average molecular weight is 285 g/mol. The third-order valence-electron chi connectivity index (χ3n) is 2.84. The van der Waals surface area contributed by atoms with E-state index in [0.717, 1.165) is 12.0 Å². The summed E-state index contributed by atoms with van der Waals surface area (Å²) in [6.45, 7) is 6.39. The Labute approximate surface area is 119 Å². The molecule has 0 saturated carbocycles. The molecule has 106 valence electrons. The number of hydrogen-bond donors (Lipinski definition) is 1. The molecular weight excluding hydrogens is 264 g/mol. The number of amides is 2. The van der Waals surface area contributed by atoms with Crippen molar-refractivity contribution in [2.24, 2.45) is 0 Å². The number of nitrogens with one attached hydrogen (secondary N) is 1. The van der Waals surface area contributed by atoms with Gasteiger partial charge in [0, 0.05) is 5.02 Å². The van der Waals surface area contributed by atoms with Gasteiger partial charge in [0.1, 0.15) is 0 Å².